The molecule has 158 valence electrons. The Morgan fingerprint density at radius 1 is 1.13 bits per heavy atom. The lowest BCUT2D eigenvalue weighted by atomic mass is 10.2. The van der Waals surface area contributed by atoms with Gasteiger partial charge in [0.25, 0.3) is 0 Å². The number of hydrogen-bond acceptors (Lipinski definition) is 7. The molecule has 0 spiro atoms. The summed E-state index contributed by atoms with van der Waals surface area (Å²) in [6, 6.07) is 14.7. The Morgan fingerprint density at radius 2 is 1.90 bits per heavy atom. The summed E-state index contributed by atoms with van der Waals surface area (Å²) in [6.45, 7) is 1.86. The van der Waals surface area contributed by atoms with Crippen LogP contribution in [0.25, 0.3) is 21.9 Å². The van der Waals surface area contributed by atoms with Crippen LogP contribution in [-0.4, -0.2) is 34.8 Å². The van der Waals surface area contributed by atoms with Crippen molar-refractivity contribution in [2.24, 2.45) is 0 Å². The number of thiazole rings is 1. The Kier molecular flexibility index (Phi) is 5.92. The number of carbonyl (C=O) groups excluding carboxylic acids is 1. The van der Waals surface area contributed by atoms with E-state index in [1.807, 2.05) is 31.2 Å². The molecule has 2 aromatic heterocycles. The highest BCUT2D eigenvalue weighted by atomic mass is 35.5. The van der Waals surface area contributed by atoms with Gasteiger partial charge in [-0.2, -0.15) is 4.98 Å². The molecule has 0 aliphatic heterocycles. The summed E-state index contributed by atoms with van der Waals surface area (Å²) in [5.74, 6) is 1.41. The van der Waals surface area contributed by atoms with Crippen molar-refractivity contribution in [2.45, 2.75) is 6.92 Å². The first-order valence-electron chi connectivity index (χ1n) is 9.22. The average Bonchev–Trinajstić information content (AvgIpc) is 3.33. The zero-order valence-corrected chi connectivity index (χ0v) is 18.5. The summed E-state index contributed by atoms with van der Waals surface area (Å²) >= 11 is 7.26. The molecule has 0 N–H and O–H groups in total. The van der Waals surface area contributed by atoms with Gasteiger partial charge in [0.1, 0.15) is 17.1 Å². The van der Waals surface area contributed by atoms with Gasteiger partial charge in [0, 0.05) is 10.6 Å². The molecule has 0 unspecified atom stereocenters. The summed E-state index contributed by atoms with van der Waals surface area (Å²) in [5, 5.41) is 5.26. The van der Waals surface area contributed by atoms with Crippen LogP contribution in [0.3, 0.4) is 0 Å². The fourth-order valence-corrected chi connectivity index (χ4v) is 4.16. The van der Waals surface area contributed by atoms with Crippen LogP contribution in [0.1, 0.15) is 10.6 Å². The minimum atomic E-state index is -0.485. The maximum Gasteiger partial charge on any atom is 0.342 e. The highest BCUT2D eigenvalue weighted by molar-refractivity contribution is 7.18. The van der Waals surface area contributed by atoms with Crippen LogP contribution in [0.2, 0.25) is 5.02 Å². The second kappa shape index (κ2) is 8.79. The number of hydrogen-bond donors (Lipinski definition) is 0. The number of nitrogens with zero attached hydrogens (tertiary/aromatic N) is 3. The quantitative estimate of drug-likeness (QED) is 0.221. The van der Waals surface area contributed by atoms with Gasteiger partial charge in [0.05, 0.1) is 31.1 Å². The molecule has 0 fully saturated rings. The zero-order valence-electron chi connectivity index (χ0n) is 17.0. The SMILES string of the molecule is CO/C=C(/C(=O)OC)c1sc2nc(-c3cccc(Oc4ccc(Cl)cc4)c3)nn2c1C. The number of aromatic nitrogens is 3. The van der Waals surface area contributed by atoms with Gasteiger partial charge in [-0.05, 0) is 43.3 Å². The Bertz CT molecular complexity index is 1280. The zero-order chi connectivity index (χ0) is 22.0. The summed E-state index contributed by atoms with van der Waals surface area (Å²) in [5.41, 5.74) is 1.89. The minimum Gasteiger partial charge on any atom is -0.503 e. The molecule has 0 aliphatic rings. The minimum absolute atomic E-state index is 0.319. The van der Waals surface area contributed by atoms with E-state index >= 15 is 0 Å². The van der Waals surface area contributed by atoms with Crippen molar-refractivity contribution in [2.75, 3.05) is 14.2 Å². The first-order chi connectivity index (χ1) is 15.0. The molecule has 4 rings (SSSR count). The van der Waals surface area contributed by atoms with Gasteiger partial charge in [-0.15, -0.1) is 5.10 Å². The first kappa shape index (κ1) is 20.9. The van der Waals surface area contributed by atoms with Crippen LogP contribution < -0.4 is 4.74 Å². The van der Waals surface area contributed by atoms with Gasteiger partial charge in [0.2, 0.25) is 4.96 Å². The van der Waals surface area contributed by atoms with E-state index in [0.29, 0.717) is 37.8 Å². The van der Waals surface area contributed by atoms with Crippen molar-refractivity contribution >= 4 is 39.4 Å². The van der Waals surface area contributed by atoms with Crippen LogP contribution in [0, 0.1) is 6.92 Å². The molecule has 0 saturated carbocycles. The highest BCUT2D eigenvalue weighted by Gasteiger charge is 2.22. The predicted molar refractivity (Wildman–Crippen MR) is 120 cm³/mol. The molecule has 31 heavy (non-hydrogen) atoms. The number of halogens is 1. The molecule has 7 nitrogen and oxygen atoms in total. The standard InChI is InChI=1S/C22H18ClN3O4S/c1-13-19(18(12-28-2)21(27)29-3)31-22-24-20(25-26(13)22)14-5-4-6-17(11-14)30-16-9-7-15(23)8-10-16/h4-12H,1-3H3/b18-12+. The maximum atomic E-state index is 12.1. The molecule has 0 saturated heterocycles. The fraction of sp³-hybridized carbons (Fsp3) is 0.136. The molecule has 9 heteroatoms. The van der Waals surface area contributed by atoms with E-state index in [1.165, 1.54) is 31.8 Å². The molecule has 0 aliphatic carbocycles. The average molecular weight is 456 g/mol. The summed E-state index contributed by atoms with van der Waals surface area (Å²) < 4.78 is 17.5. The number of benzene rings is 2. The van der Waals surface area contributed by atoms with Gasteiger partial charge >= 0.3 is 5.97 Å². The lowest BCUT2D eigenvalue weighted by Crippen LogP contribution is -2.05. The summed E-state index contributed by atoms with van der Waals surface area (Å²) in [4.78, 5) is 18.1. The van der Waals surface area contributed by atoms with Crippen LogP contribution in [0.5, 0.6) is 11.5 Å². The van der Waals surface area contributed by atoms with Crippen LogP contribution in [0.4, 0.5) is 0 Å². The molecular formula is C22H18ClN3O4S. The number of rotatable bonds is 6. The number of fused-ring (bicyclic) bond motifs is 1. The van der Waals surface area contributed by atoms with Gasteiger partial charge in [0.15, 0.2) is 5.82 Å². The molecule has 0 bridgehead atoms. The van der Waals surface area contributed by atoms with E-state index in [9.17, 15) is 4.79 Å². The van der Waals surface area contributed by atoms with Crippen molar-refractivity contribution in [3.8, 4) is 22.9 Å². The van der Waals surface area contributed by atoms with Gasteiger partial charge in [-0.1, -0.05) is 35.1 Å². The topological polar surface area (TPSA) is 75.0 Å². The monoisotopic (exact) mass is 455 g/mol. The Morgan fingerprint density at radius 3 is 2.58 bits per heavy atom. The smallest absolute Gasteiger partial charge is 0.342 e. The van der Waals surface area contributed by atoms with E-state index in [1.54, 1.807) is 28.8 Å². The summed E-state index contributed by atoms with van der Waals surface area (Å²) in [7, 11) is 2.81. The largest absolute Gasteiger partial charge is 0.503 e. The van der Waals surface area contributed by atoms with Gasteiger partial charge in [-0.25, -0.2) is 9.31 Å². The number of ether oxygens (including phenoxy) is 3. The third kappa shape index (κ3) is 4.26. The number of aryl methyl sites for hydroxylation is 1. The van der Waals surface area contributed by atoms with Crippen molar-refractivity contribution < 1.29 is 19.0 Å². The third-order valence-electron chi connectivity index (χ3n) is 4.44. The third-order valence-corrected chi connectivity index (χ3v) is 5.86. The molecule has 0 amide bonds. The van der Waals surface area contributed by atoms with Crippen molar-refractivity contribution in [3.05, 3.63) is 70.4 Å². The first-order valence-corrected chi connectivity index (χ1v) is 10.4. The fourth-order valence-electron chi connectivity index (χ4n) is 2.98. The Hall–Kier alpha value is -3.36. The Labute approximate surface area is 187 Å². The molecule has 4 aromatic rings. The lowest BCUT2D eigenvalue weighted by Gasteiger charge is -2.06. The number of esters is 1. The van der Waals surface area contributed by atoms with E-state index < -0.39 is 5.97 Å². The van der Waals surface area contributed by atoms with Gasteiger partial charge in [-0.3, -0.25) is 0 Å². The second-order valence-corrected chi connectivity index (χ2v) is 7.90. The maximum absolute atomic E-state index is 12.1. The normalized spacial score (nSPS) is 11.5. The van der Waals surface area contributed by atoms with E-state index in [2.05, 4.69) is 10.1 Å². The lowest BCUT2D eigenvalue weighted by molar-refractivity contribution is -0.133. The number of carbonyl (C=O) groups is 1. The van der Waals surface area contributed by atoms with Crippen molar-refractivity contribution in [1.29, 1.82) is 0 Å². The number of methoxy groups -OCH3 is 2. The van der Waals surface area contributed by atoms with Gasteiger partial charge < -0.3 is 14.2 Å². The van der Waals surface area contributed by atoms with Crippen LogP contribution in [-0.2, 0) is 14.3 Å². The summed E-state index contributed by atoms with van der Waals surface area (Å²) in [6.07, 6.45) is 1.36. The molecule has 2 aromatic carbocycles. The van der Waals surface area contributed by atoms with E-state index in [4.69, 9.17) is 25.8 Å². The highest BCUT2D eigenvalue weighted by Crippen LogP contribution is 2.32. The predicted octanol–water partition coefficient (Wildman–Crippen LogP) is 5.37. The molecular weight excluding hydrogens is 438 g/mol. The van der Waals surface area contributed by atoms with Crippen molar-refractivity contribution in [3.63, 3.8) is 0 Å². The molecule has 0 atom stereocenters. The molecule has 2 heterocycles. The Balaban J connectivity index is 1.66. The second-order valence-electron chi connectivity index (χ2n) is 6.49. The van der Waals surface area contributed by atoms with E-state index in [-0.39, 0.29) is 0 Å². The van der Waals surface area contributed by atoms with Crippen LogP contribution in [0.15, 0.2) is 54.8 Å². The van der Waals surface area contributed by atoms with Crippen molar-refractivity contribution in [1.82, 2.24) is 14.6 Å². The van der Waals surface area contributed by atoms with Crippen LogP contribution >= 0.6 is 22.9 Å². The molecule has 0 radical (unpaired) electrons. The van der Waals surface area contributed by atoms with E-state index in [0.717, 1.165) is 11.3 Å².